The van der Waals surface area contributed by atoms with E-state index >= 15 is 0 Å². The van der Waals surface area contributed by atoms with Crippen molar-refractivity contribution in [3.8, 4) is 0 Å². The molecule has 1 aromatic carbocycles. The van der Waals surface area contributed by atoms with Gasteiger partial charge in [0, 0.05) is 6.54 Å². The number of benzene rings is 1. The topological polar surface area (TPSA) is 72.2 Å². The summed E-state index contributed by atoms with van der Waals surface area (Å²) in [5.41, 5.74) is 1.08. The monoisotopic (exact) mass is 296 g/mol. The van der Waals surface area contributed by atoms with Crippen molar-refractivity contribution in [2.75, 3.05) is 6.54 Å². The van der Waals surface area contributed by atoms with Crippen LogP contribution in [0.15, 0.2) is 29.2 Å². The molecule has 0 spiro atoms. The standard InChI is InChI=1S/C15H24N2O2S/c1-12-3-2-4-14(9-12)11-17-10-13-5-7-15(8-6-13)20(16,18)19/h5-8,12,14,17H,2-4,9-11H2,1H3,(H2,16,18,19). The van der Waals surface area contributed by atoms with Crippen molar-refractivity contribution >= 4 is 10.0 Å². The Labute approximate surface area is 121 Å². The fraction of sp³-hybridized carbons (Fsp3) is 0.600. The molecule has 1 aromatic rings. The van der Waals surface area contributed by atoms with Crippen molar-refractivity contribution in [3.63, 3.8) is 0 Å². The lowest BCUT2D eigenvalue weighted by Crippen LogP contribution is -2.26. The summed E-state index contributed by atoms with van der Waals surface area (Å²) >= 11 is 0. The predicted octanol–water partition coefficient (Wildman–Crippen LogP) is 2.25. The number of nitrogens with one attached hydrogen (secondary N) is 1. The highest BCUT2D eigenvalue weighted by Crippen LogP contribution is 2.27. The van der Waals surface area contributed by atoms with Gasteiger partial charge in [-0.2, -0.15) is 0 Å². The van der Waals surface area contributed by atoms with Crippen molar-refractivity contribution in [2.45, 2.75) is 44.0 Å². The molecule has 1 aliphatic rings. The van der Waals surface area contributed by atoms with Gasteiger partial charge >= 0.3 is 0 Å². The maximum Gasteiger partial charge on any atom is 0.238 e. The zero-order valence-electron chi connectivity index (χ0n) is 12.0. The van der Waals surface area contributed by atoms with Crippen LogP contribution in [0.5, 0.6) is 0 Å². The first-order valence-corrected chi connectivity index (χ1v) is 8.82. The molecule has 20 heavy (non-hydrogen) atoms. The van der Waals surface area contributed by atoms with Crippen LogP contribution in [0.25, 0.3) is 0 Å². The molecule has 2 unspecified atom stereocenters. The van der Waals surface area contributed by atoms with Crippen LogP contribution in [-0.2, 0) is 16.6 Å². The third kappa shape index (κ3) is 4.58. The average Bonchev–Trinajstić information content (AvgIpc) is 2.38. The Morgan fingerprint density at radius 3 is 2.55 bits per heavy atom. The Morgan fingerprint density at radius 2 is 1.95 bits per heavy atom. The fourth-order valence-corrected chi connectivity index (χ4v) is 3.48. The summed E-state index contributed by atoms with van der Waals surface area (Å²) in [6.45, 7) is 4.15. The van der Waals surface area contributed by atoms with Gasteiger partial charge < -0.3 is 5.32 Å². The summed E-state index contributed by atoms with van der Waals surface area (Å²) in [5.74, 6) is 1.63. The van der Waals surface area contributed by atoms with Gasteiger partial charge in [-0.05, 0) is 48.9 Å². The maximum absolute atomic E-state index is 11.2. The number of rotatable bonds is 5. The van der Waals surface area contributed by atoms with Crippen LogP contribution in [0.2, 0.25) is 0 Å². The van der Waals surface area contributed by atoms with Crippen LogP contribution in [0.3, 0.4) is 0 Å². The van der Waals surface area contributed by atoms with Gasteiger partial charge in [0.25, 0.3) is 0 Å². The molecular formula is C15H24N2O2S. The highest BCUT2D eigenvalue weighted by Gasteiger charge is 2.18. The third-order valence-corrected chi connectivity index (χ3v) is 4.99. The molecule has 0 amide bonds. The van der Waals surface area contributed by atoms with Crippen LogP contribution in [0, 0.1) is 11.8 Å². The van der Waals surface area contributed by atoms with E-state index < -0.39 is 10.0 Å². The second kappa shape index (κ2) is 6.70. The van der Waals surface area contributed by atoms with E-state index in [1.807, 2.05) is 12.1 Å². The summed E-state index contributed by atoms with van der Waals surface area (Å²) in [4.78, 5) is 0.169. The Morgan fingerprint density at radius 1 is 1.25 bits per heavy atom. The van der Waals surface area contributed by atoms with Gasteiger partial charge in [0.05, 0.1) is 4.90 Å². The zero-order chi connectivity index (χ0) is 14.6. The largest absolute Gasteiger partial charge is 0.312 e. The molecule has 2 rings (SSSR count). The molecule has 4 nitrogen and oxygen atoms in total. The summed E-state index contributed by atoms with van der Waals surface area (Å²) in [7, 11) is -3.58. The van der Waals surface area contributed by atoms with Gasteiger partial charge in [-0.15, -0.1) is 0 Å². The van der Waals surface area contributed by atoms with Crippen molar-refractivity contribution in [3.05, 3.63) is 29.8 Å². The van der Waals surface area contributed by atoms with Crippen LogP contribution < -0.4 is 10.5 Å². The molecule has 112 valence electrons. The van der Waals surface area contributed by atoms with Gasteiger partial charge in [0.2, 0.25) is 10.0 Å². The molecule has 1 saturated carbocycles. The lowest BCUT2D eigenvalue weighted by atomic mass is 9.82. The zero-order valence-corrected chi connectivity index (χ0v) is 12.8. The molecule has 3 N–H and O–H groups in total. The smallest absolute Gasteiger partial charge is 0.238 e. The van der Waals surface area contributed by atoms with Crippen molar-refractivity contribution in [1.29, 1.82) is 0 Å². The van der Waals surface area contributed by atoms with Crippen molar-refractivity contribution in [1.82, 2.24) is 5.32 Å². The summed E-state index contributed by atoms with van der Waals surface area (Å²) in [6.07, 6.45) is 5.35. The maximum atomic E-state index is 11.2. The Balaban J connectivity index is 1.79. The van der Waals surface area contributed by atoms with E-state index in [1.54, 1.807) is 12.1 Å². The highest BCUT2D eigenvalue weighted by molar-refractivity contribution is 7.89. The summed E-state index contributed by atoms with van der Waals surface area (Å²) in [6, 6.07) is 6.76. The molecule has 0 aromatic heterocycles. The molecule has 5 heteroatoms. The van der Waals surface area contributed by atoms with Gasteiger partial charge in [-0.25, -0.2) is 13.6 Å². The predicted molar refractivity (Wildman–Crippen MR) is 80.6 cm³/mol. The number of nitrogens with two attached hydrogens (primary N) is 1. The number of hydrogen-bond donors (Lipinski definition) is 2. The van der Waals surface area contributed by atoms with E-state index in [0.29, 0.717) is 0 Å². The normalized spacial score (nSPS) is 23.7. The van der Waals surface area contributed by atoms with E-state index in [-0.39, 0.29) is 4.90 Å². The number of hydrogen-bond acceptors (Lipinski definition) is 3. The fourth-order valence-electron chi connectivity index (χ4n) is 2.96. The van der Waals surface area contributed by atoms with Crippen molar-refractivity contribution in [2.24, 2.45) is 17.0 Å². The van der Waals surface area contributed by atoms with E-state index in [2.05, 4.69) is 12.2 Å². The summed E-state index contributed by atoms with van der Waals surface area (Å²) in [5, 5.41) is 8.54. The number of sulfonamides is 1. The first-order chi connectivity index (χ1) is 9.45. The van der Waals surface area contributed by atoms with Gasteiger partial charge in [-0.3, -0.25) is 0 Å². The second-order valence-corrected chi connectivity index (χ2v) is 7.52. The molecule has 0 bridgehead atoms. The van der Waals surface area contributed by atoms with E-state index in [1.165, 1.54) is 25.7 Å². The SMILES string of the molecule is CC1CCCC(CNCc2ccc(S(N)(=O)=O)cc2)C1. The third-order valence-electron chi connectivity index (χ3n) is 4.06. The Kier molecular flexibility index (Phi) is 5.18. The molecule has 0 saturated heterocycles. The minimum Gasteiger partial charge on any atom is -0.312 e. The average molecular weight is 296 g/mol. The first kappa shape index (κ1) is 15.5. The quantitative estimate of drug-likeness (QED) is 0.875. The number of primary sulfonamides is 1. The van der Waals surface area contributed by atoms with E-state index in [4.69, 9.17) is 5.14 Å². The lowest BCUT2D eigenvalue weighted by Gasteiger charge is -2.26. The molecule has 1 fully saturated rings. The van der Waals surface area contributed by atoms with E-state index in [0.717, 1.165) is 30.5 Å². The first-order valence-electron chi connectivity index (χ1n) is 7.27. The second-order valence-electron chi connectivity index (χ2n) is 5.96. The van der Waals surface area contributed by atoms with Crippen LogP contribution in [0.4, 0.5) is 0 Å². The molecule has 0 aliphatic heterocycles. The molecule has 2 atom stereocenters. The molecule has 0 radical (unpaired) electrons. The van der Waals surface area contributed by atoms with Crippen LogP contribution >= 0.6 is 0 Å². The molecule has 1 aliphatic carbocycles. The van der Waals surface area contributed by atoms with Crippen molar-refractivity contribution < 1.29 is 8.42 Å². The van der Waals surface area contributed by atoms with Gasteiger partial charge in [0.15, 0.2) is 0 Å². The van der Waals surface area contributed by atoms with Crippen LogP contribution in [0.1, 0.15) is 38.2 Å². The van der Waals surface area contributed by atoms with Crippen LogP contribution in [-0.4, -0.2) is 15.0 Å². The summed E-state index contributed by atoms with van der Waals surface area (Å²) < 4.78 is 22.3. The molecular weight excluding hydrogens is 272 g/mol. The Bertz CT molecular complexity index is 525. The molecule has 0 heterocycles. The minimum atomic E-state index is -3.58. The lowest BCUT2D eigenvalue weighted by molar-refractivity contribution is 0.274. The van der Waals surface area contributed by atoms with Gasteiger partial charge in [0.1, 0.15) is 0 Å². The minimum absolute atomic E-state index is 0.169. The van der Waals surface area contributed by atoms with E-state index in [9.17, 15) is 8.42 Å². The Hall–Kier alpha value is -0.910. The van der Waals surface area contributed by atoms with Gasteiger partial charge in [-0.1, -0.05) is 31.9 Å². The highest BCUT2D eigenvalue weighted by atomic mass is 32.2.